The van der Waals surface area contributed by atoms with Gasteiger partial charge < -0.3 is 20.4 Å². The van der Waals surface area contributed by atoms with Crippen LogP contribution in [0.25, 0.3) is 11.0 Å². The molecule has 2 aromatic carbocycles. The first-order valence-electron chi connectivity index (χ1n) is 8.06. The van der Waals surface area contributed by atoms with E-state index in [1.165, 1.54) is 0 Å². The van der Waals surface area contributed by atoms with Crippen molar-refractivity contribution < 1.29 is 14.0 Å². The Morgan fingerprint density at radius 2 is 1.69 bits per heavy atom. The summed E-state index contributed by atoms with van der Waals surface area (Å²) in [4.78, 5) is 36.1. The van der Waals surface area contributed by atoms with Gasteiger partial charge in [-0.2, -0.15) is 0 Å². The quantitative estimate of drug-likeness (QED) is 0.672. The van der Waals surface area contributed by atoms with Gasteiger partial charge >= 0.3 is 6.03 Å². The number of anilines is 2. The molecule has 0 unspecified atom stereocenters. The molecule has 1 heterocycles. The number of nitrogens with one attached hydrogen (secondary N) is 3. The topological polar surface area (TPSA) is 100 Å². The Labute approximate surface area is 149 Å². The summed E-state index contributed by atoms with van der Waals surface area (Å²) >= 11 is 0. The molecule has 0 atom stereocenters. The summed E-state index contributed by atoms with van der Waals surface area (Å²) < 4.78 is 5.51. The van der Waals surface area contributed by atoms with E-state index in [2.05, 4.69) is 16.0 Å². The highest BCUT2D eigenvalue weighted by molar-refractivity contribution is 6.03. The maximum Gasteiger partial charge on any atom is 0.319 e. The Bertz CT molecular complexity index is 1030. The standard InChI is InChI=1S/C19H17N3O4/c1-2-20-19(25)22-13-7-5-6-12(10-13)21-18(24)17-11-15(23)14-8-3-4-9-16(14)26-17/h3-11H,2H2,1H3,(H,21,24)(H2,20,22,25). The first kappa shape index (κ1) is 17.2. The molecular formula is C19H17N3O4. The molecule has 7 nitrogen and oxygen atoms in total. The van der Waals surface area contributed by atoms with E-state index in [4.69, 9.17) is 4.42 Å². The second-order valence-corrected chi connectivity index (χ2v) is 5.49. The van der Waals surface area contributed by atoms with Gasteiger partial charge in [0.15, 0.2) is 11.2 Å². The molecule has 0 aliphatic rings. The van der Waals surface area contributed by atoms with Crippen molar-refractivity contribution in [2.75, 3.05) is 17.2 Å². The number of rotatable bonds is 4. The molecule has 3 amide bonds. The van der Waals surface area contributed by atoms with Gasteiger partial charge in [-0.05, 0) is 37.3 Å². The van der Waals surface area contributed by atoms with E-state index in [9.17, 15) is 14.4 Å². The summed E-state index contributed by atoms with van der Waals surface area (Å²) in [6.07, 6.45) is 0. The van der Waals surface area contributed by atoms with Crippen LogP contribution in [0.1, 0.15) is 17.5 Å². The van der Waals surface area contributed by atoms with Gasteiger partial charge in [-0.15, -0.1) is 0 Å². The van der Waals surface area contributed by atoms with Crippen LogP contribution in [0.5, 0.6) is 0 Å². The minimum Gasteiger partial charge on any atom is -0.451 e. The lowest BCUT2D eigenvalue weighted by atomic mass is 10.2. The molecule has 0 fully saturated rings. The Hall–Kier alpha value is -3.61. The number of para-hydroxylation sites is 1. The average molecular weight is 351 g/mol. The molecule has 0 aliphatic heterocycles. The fourth-order valence-corrected chi connectivity index (χ4v) is 2.42. The molecule has 0 bridgehead atoms. The van der Waals surface area contributed by atoms with Gasteiger partial charge in [-0.1, -0.05) is 18.2 Å². The Kier molecular flexibility index (Phi) is 4.98. The Morgan fingerprint density at radius 1 is 0.962 bits per heavy atom. The SMILES string of the molecule is CCNC(=O)Nc1cccc(NC(=O)c2cc(=O)c3ccccc3o2)c1. The number of carbonyl (C=O) groups excluding carboxylic acids is 2. The second kappa shape index (κ2) is 7.52. The molecule has 0 spiro atoms. The molecule has 3 rings (SSSR count). The van der Waals surface area contributed by atoms with Crippen LogP contribution in [0.4, 0.5) is 16.2 Å². The lowest BCUT2D eigenvalue weighted by molar-refractivity contribution is 0.0997. The molecule has 7 heteroatoms. The number of hydrogen-bond acceptors (Lipinski definition) is 4. The van der Waals surface area contributed by atoms with Gasteiger partial charge in [-0.25, -0.2) is 4.79 Å². The number of amides is 3. The maximum absolute atomic E-state index is 12.4. The summed E-state index contributed by atoms with van der Waals surface area (Å²) in [5.41, 5.74) is 1.04. The van der Waals surface area contributed by atoms with E-state index >= 15 is 0 Å². The average Bonchev–Trinajstić information content (AvgIpc) is 2.62. The van der Waals surface area contributed by atoms with Gasteiger partial charge in [-0.3, -0.25) is 9.59 Å². The minimum atomic E-state index is -0.553. The summed E-state index contributed by atoms with van der Waals surface area (Å²) in [6, 6.07) is 14.2. The van der Waals surface area contributed by atoms with Crippen molar-refractivity contribution >= 4 is 34.3 Å². The van der Waals surface area contributed by atoms with Gasteiger partial charge in [0.1, 0.15) is 5.58 Å². The van der Waals surface area contributed by atoms with Crippen molar-refractivity contribution in [2.45, 2.75) is 6.92 Å². The number of carbonyl (C=O) groups is 2. The number of urea groups is 1. The number of hydrogen-bond donors (Lipinski definition) is 3. The molecule has 1 aromatic heterocycles. The van der Waals surface area contributed by atoms with Crippen molar-refractivity contribution in [1.29, 1.82) is 0 Å². The molecule has 3 N–H and O–H groups in total. The van der Waals surface area contributed by atoms with Crippen LogP contribution in [0, 0.1) is 0 Å². The molecular weight excluding hydrogens is 334 g/mol. The predicted molar refractivity (Wildman–Crippen MR) is 99.6 cm³/mol. The van der Waals surface area contributed by atoms with Crippen LogP contribution in [0.15, 0.2) is 63.8 Å². The van der Waals surface area contributed by atoms with Crippen molar-refractivity contribution in [3.8, 4) is 0 Å². The third-order valence-corrected chi connectivity index (χ3v) is 3.57. The van der Waals surface area contributed by atoms with E-state index < -0.39 is 5.91 Å². The zero-order valence-corrected chi connectivity index (χ0v) is 14.0. The third-order valence-electron chi connectivity index (χ3n) is 3.57. The zero-order chi connectivity index (χ0) is 18.5. The van der Waals surface area contributed by atoms with Crippen LogP contribution >= 0.6 is 0 Å². The highest BCUT2D eigenvalue weighted by Crippen LogP contribution is 2.17. The first-order valence-corrected chi connectivity index (χ1v) is 8.06. The van der Waals surface area contributed by atoms with Crippen molar-refractivity contribution in [1.82, 2.24) is 5.32 Å². The molecule has 26 heavy (non-hydrogen) atoms. The van der Waals surface area contributed by atoms with E-state index in [0.29, 0.717) is 28.9 Å². The fraction of sp³-hybridized carbons (Fsp3) is 0.105. The highest BCUT2D eigenvalue weighted by Gasteiger charge is 2.13. The lowest BCUT2D eigenvalue weighted by Gasteiger charge is -2.09. The smallest absolute Gasteiger partial charge is 0.319 e. The van der Waals surface area contributed by atoms with Crippen LogP contribution in [-0.2, 0) is 0 Å². The summed E-state index contributed by atoms with van der Waals surface area (Å²) in [7, 11) is 0. The van der Waals surface area contributed by atoms with Crippen LogP contribution in [-0.4, -0.2) is 18.5 Å². The molecule has 132 valence electrons. The van der Waals surface area contributed by atoms with Crippen molar-refractivity contribution in [2.24, 2.45) is 0 Å². The second-order valence-electron chi connectivity index (χ2n) is 5.49. The fourth-order valence-electron chi connectivity index (χ4n) is 2.42. The number of benzene rings is 2. The zero-order valence-electron chi connectivity index (χ0n) is 14.0. The van der Waals surface area contributed by atoms with E-state index in [1.807, 2.05) is 6.92 Å². The first-order chi connectivity index (χ1) is 12.6. The molecule has 0 saturated carbocycles. The molecule has 0 saturated heterocycles. The summed E-state index contributed by atoms with van der Waals surface area (Å²) in [5.74, 6) is -0.640. The largest absolute Gasteiger partial charge is 0.451 e. The normalized spacial score (nSPS) is 10.3. The van der Waals surface area contributed by atoms with Crippen molar-refractivity contribution in [3.05, 3.63) is 70.6 Å². The van der Waals surface area contributed by atoms with Gasteiger partial charge in [0.25, 0.3) is 5.91 Å². The lowest BCUT2D eigenvalue weighted by Crippen LogP contribution is -2.28. The van der Waals surface area contributed by atoms with E-state index in [1.54, 1.807) is 48.5 Å². The molecule has 0 aliphatic carbocycles. The molecule has 0 radical (unpaired) electrons. The Balaban J connectivity index is 1.80. The van der Waals surface area contributed by atoms with E-state index in [-0.39, 0.29) is 17.2 Å². The van der Waals surface area contributed by atoms with Crippen LogP contribution in [0.2, 0.25) is 0 Å². The maximum atomic E-state index is 12.4. The number of fused-ring (bicyclic) bond motifs is 1. The van der Waals surface area contributed by atoms with Crippen molar-refractivity contribution in [3.63, 3.8) is 0 Å². The summed E-state index contributed by atoms with van der Waals surface area (Å²) in [6.45, 7) is 2.32. The van der Waals surface area contributed by atoms with Crippen LogP contribution < -0.4 is 21.4 Å². The monoisotopic (exact) mass is 351 g/mol. The van der Waals surface area contributed by atoms with Gasteiger partial charge in [0, 0.05) is 24.0 Å². The molecule has 3 aromatic rings. The van der Waals surface area contributed by atoms with E-state index in [0.717, 1.165) is 6.07 Å². The highest BCUT2D eigenvalue weighted by atomic mass is 16.3. The third kappa shape index (κ3) is 3.89. The summed E-state index contributed by atoms with van der Waals surface area (Å²) in [5, 5.41) is 8.34. The predicted octanol–water partition coefficient (Wildman–Crippen LogP) is 3.19. The van der Waals surface area contributed by atoms with Gasteiger partial charge in [0.2, 0.25) is 0 Å². The van der Waals surface area contributed by atoms with Crippen LogP contribution in [0.3, 0.4) is 0 Å². The minimum absolute atomic E-state index is 0.0872. The van der Waals surface area contributed by atoms with Gasteiger partial charge in [0.05, 0.1) is 5.39 Å². The Morgan fingerprint density at radius 3 is 2.46 bits per heavy atom.